The van der Waals surface area contributed by atoms with E-state index in [9.17, 15) is 4.79 Å². The van der Waals surface area contributed by atoms with Crippen LogP contribution in [0.15, 0.2) is 49.1 Å². The lowest BCUT2D eigenvalue weighted by Gasteiger charge is -2.17. The van der Waals surface area contributed by atoms with E-state index in [1.54, 1.807) is 35.5 Å². The Kier molecular flexibility index (Phi) is 6.41. The van der Waals surface area contributed by atoms with Crippen LogP contribution in [-0.2, 0) is 0 Å². The summed E-state index contributed by atoms with van der Waals surface area (Å²) in [6.45, 7) is 7.77. The van der Waals surface area contributed by atoms with Gasteiger partial charge in [0.1, 0.15) is 0 Å². The third-order valence-electron chi connectivity index (χ3n) is 5.12. The number of aryl methyl sites for hydroxylation is 1. The molecule has 0 radical (unpaired) electrons. The standard InChI is InChI=1S/C23H23ClN8O/c1-13(2)22-29-30-31-32(22)20-10-16(18-6-5-14(3)11-27-18)9-17(21(20)24)23(33)28-15(4)19-12-25-7-8-26-19/h5-13,15H,1-4H3,(H,28,33). The summed E-state index contributed by atoms with van der Waals surface area (Å²) < 4.78 is 1.56. The largest absolute Gasteiger partial charge is 0.344 e. The molecule has 4 rings (SSSR count). The van der Waals surface area contributed by atoms with Crippen LogP contribution < -0.4 is 5.32 Å². The van der Waals surface area contributed by atoms with Gasteiger partial charge in [0.25, 0.3) is 5.91 Å². The van der Waals surface area contributed by atoms with E-state index >= 15 is 0 Å². The molecule has 10 heteroatoms. The van der Waals surface area contributed by atoms with Crippen molar-refractivity contribution in [1.29, 1.82) is 0 Å². The Morgan fingerprint density at radius 1 is 1.09 bits per heavy atom. The molecule has 0 saturated carbocycles. The number of carbonyl (C=O) groups is 1. The van der Waals surface area contributed by atoms with Crippen LogP contribution in [0.5, 0.6) is 0 Å². The minimum Gasteiger partial charge on any atom is -0.344 e. The molecule has 168 valence electrons. The normalized spacial score (nSPS) is 12.1. The molecule has 0 fully saturated rings. The summed E-state index contributed by atoms with van der Waals surface area (Å²) in [5, 5.41) is 15.2. The molecule has 0 bridgehead atoms. The van der Waals surface area contributed by atoms with E-state index in [-0.39, 0.29) is 28.5 Å². The molecule has 4 aromatic rings. The van der Waals surface area contributed by atoms with E-state index in [0.29, 0.717) is 22.9 Å². The van der Waals surface area contributed by atoms with Crippen molar-refractivity contribution < 1.29 is 4.79 Å². The number of tetrazole rings is 1. The van der Waals surface area contributed by atoms with Gasteiger partial charge in [0.15, 0.2) is 5.82 Å². The summed E-state index contributed by atoms with van der Waals surface area (Å²) >= 11 is 6.76. The lowest BCUT2D eigenvalue weighted by molar-refractivity contribution is 0.0939. The van der Waals surface area contributed by atoms with Crippen LogP contribution in [0.25, 0.3) is 16.9 Å². The fourth-order valence-corrected chi connectivity index (χ4v) is 3.60. The van der Waals surface area contributed by atoms with Crippen molar-refractivity contribution in [3.05, 3.63) is 76.7 Å². The number of aromatic nitrogens is 7. The Hall–Kier alpha value is -3.72. The molecule has 0 spiro atoms. The van der Waals surface area contributed by atoms with Crippen molar-refractivity contribution in [2.75, 3.05) is 0 Å². The van der Waals surface area contributed by atoms with Crippen LogP contribution in [0.3, 0.4) is 0 Å². The molecule has 0 aliphatic heterocycles. The number of nitrogens with zero attached hydrogens (tertiary/aromatic N) is 7. The molecule has 1 unspecified atom stereocenters. The fourth-order valence-electron chi connectivity index (χ4n) is 3.32. The first kappa shape index (κ1) is 22.5. The highest BCUT2D eigenvalue weighted by Crippen LogP contribution is 2.32. The second kappa shape index (κ2) is 9.41. The number of rotatable bonds is 6. The number of hydrogen-bond donors (Lipinski definition) is 1. The molecule has 0 aliphatic carbocycles. The van der Waals surface area contributed by atoms with Crippen molar-refractivity contribution >= 4 is 17.5 Å². The highest BCUT2D eigenvalue weighted by Gasteiger charge is 2.23. The summed E-state index contributed by atoms with van der Waals surface area (Å²) in [4.78, 5) is 26.1. The average Bonchev–Trinajstić information content (AvgIpc) is 3.30. The van der Waals surface area contributed by atoms with E-state index in [2.05, 4.69) is 35.8 Å². The predicted molar refractivity (Wildman–Crippen MR) is 124 cm³/mol. The number of carbonyl (C=O) groups excluding carboxylic acids is 1. The third-order valence-corrected chi connectivity index (χ3v) is 5.51. The number of amides is 1. The van der Waals surface area contributed by atoms with Crippen LogP contribution in [0.2, 0.25) is 5.02 Å². The number of hydrogen-bond acceptors (Lipinski definition) is 7. The Balaban J connectivity index is 1.81. The maximum absolute atomic E-state index is 13.3. The van der Waals surface area contributed by atoms with Crippen LogP contribution in [0, 0.1) is 6.92 Å². The van der Waals surface area contributed by atoms with E-state index in [1.165, 1.54) is 0 Å². The predicted octanol–water partition coefficient (Wildman–Crippen LogP) is 4.09. The molecular formula is C23H23ClN8O. The van der Waals surface area contributed by atoms with Gasteiger partial charge in [-0.2, -0.15) is 4.68 Å². The number of pyridine rings is 1. The van der Waals surface area contributed by atoms with E-state index in [0.717, 1.165) is 11.1 Å². The van der Waals surface area contributed by atoms with Gasteiger partial charge in [0, 0.05) is 30.1 Å². The van der Waals surface area contributed by atoms with Crippen molar-refractivity contribution in [2.24, 2.45) is 0 Å². The van der Waals surface area contributed by atoms with Gasteiger partial charge in [-0.15, -0.1) is 5.10 Å². The van der Waals surface area contributed by atoms with Gasteiger partial charge in [-0.25, -0.2) is 0 Å². The van der Waals surface area contributed by atoms with Crippen molar-refractivity contribution in [1.82, 2.24) is 40.5 Å². The minimum absolute atomic E-state index is 0.0474. The van der Waals surface area contributed by atoms with Gasteiger partial charge in [-0.05, 0) is 48.0 Å². The summed E-state index contributed by atoms with van der Waals surface area (Å²) in [5.41, 5.74) is 3.88. The zero-order valence-electron chi connectivity index (χ0n) is 18.7. The van der Waals surface area contributed by atoms with Crippen LogP contribution in [-0.4, -0.2) is 41.1 Å². The van der Waals surface area contributed by atoms with Gasteiger partial charge in [-0.3, -0.25) is 19.7 Å². The van der Waals surface area contributed by atoms with Crippen LogP contribution >= 0.6 is 11.6 Å². The monoisotopic (exact) mass is 462 g/mol. The maximum atomic E-state index is 13.3. The molecule has 1 amide bonds. The SMILES string of the molecule is Cc1ccc(-c2cc(C(=O)NC(C)c3cnccn3)c(Cl)c(-n3nnnc3C(C)C)c2)nc1. The zero-order chi connectivity index (χ0) is 23.5. The lowest BCUT2D eigenvalue weighted by atomic mass is 10.0. The smallest absolute Gasteiger partial charge is 0.253 e. The first-order chi connectivity index (χ1) is 15.8. The summed E-state index contributed by atoms with van der Waals surface area (Å²) in [5.74, 6) is 0.323. The molecule has 1 aromatic carbocycles. The first-order valence-corrected chi connectivity index (χ1v) is 10.8. The third kappa shape index (κ3) is 4.73. The molecule has 1 N–H and O–H groups in total. The number of nitrogens with one attached hydrogen (secondary N) is 1. The number of halogens is 1. The summed E-state index contributed by atoms with van der Waals surface area (Å²) in [6.07, 6.45) is 6.55. The zero-order valence-corrected chi connectivity index (χ0v) is 19.4. The molecule has 33 heavy (non-hydrogen) atoms. The maximum Gasteiger partial charge on any atom is 0.253 e. The van der Waals surface area contributed by atoms with E-state index in [4.69, 9.17) is 11.6 Å². The van der Waals surface area contributed by atoms with Gasteiger partial charge in [0.05, 0.1) is 39.9 Å². The molecule has 3 aromatic heterocycles. The van der Waals surface area contributed by atoms with Crippen molar-refractivity contribution in [3.8, 4) is 16.9 Å². The van der Waals surface area contributed by atoms with Crippen LogP contribution in [0.4, 0.5) is 0 Å². The highest BCUT2D eigenvalue weighted by molar-refractivity contribution is 6.35. The quantitative estimate of drug-likeness (QED) is 0.459. The molecule has 3 heterocycles. The topological polar surface area (TPSA) is 111 Å². The molecular weight excluding hydrogens is 440 g/mol. The van der Waals surface area contributed by atoms with Gasteiger partial charge >= 0.3 is 0 Å². The molecule has 0 saturated heterocycles. The Bertz CT molecular complexity index is 1270. The lowest BCUT2D eigenvalue weighted by Crippen LogP contribution is -2.28. The van der Waals surface area contributed by atoms with E-state index in [1.807, 2.05) is 45.9 Å². The van der Waals surface area contributed by atoms with Gasteiger partial charge in [0.2, 0.25) is 0 Å². The first-order valence-electron chi connectivity index (χ1n) is 10.5. The Morgan fingerprint density at radius 2 is 1.91 bits per heavy atom. The van der Waals surface area contributed by atoms with Crippen molar-refractivity contribution in [3.63, 3.8) is 0 Å². The Labute approximate surface area is 196 Å². The Morgan fingerprint density at radius 3 is 2.58 bits per heavy atom. The summed E-state index contributed by atoms with van der Waals surface area (Å²) in [6, 6.07) is 7.05. The van der Waals surface area contributed by atoms with Gasteiger partial charge in [-0.1, -0.05) is 31.5 Å². The van der Waals surface area contributed by atoms with Gasteiger partial charge < -0.3 is 5.32 Å². The molecule has 1 atom stereocenters. The summed E-state index contributed by atoms with van der Waals surface area (Å²) in [7, 11) is 0. The van der Waals surface area contributed by atoms with Crippen LogP contribution in [0.1, 0.15) is 60.2 Å². The van der Waals surface area contributed by atoms with E-state index < -0.39 is 0 Å². The van der Waals surface area contributed by atoms with Crippen molar-refractivity contribution in [2.45, 2.75) is 39.7 Å². The molecule has 0 aliphatic rings. The fraction of sp³-hybridized carbons (Fsp3) is 0.261. The second-order valence-corrected chi connectivity index (χ2v) is 8.38. The minimum atomic E-state index is -0.369. The second-order valence-electron chi connectivity index (χ2n) is 8.01. The number of benzene rings is 1. The average molecular weight is 463 g/mol. The molecule has 9 nitrogen and oxygen atoms in total. The highest BCUT2D eigenvalue weighted by atomic mass is 35.5.